The van der Waals surface area contributed by atoms with Crippen molar-refractivity contribution in [2.45, 2.75) is 19.4 Å². The number of benzene rings is 2. The first-order chi connectivity index (χ1) is 9.00. The minimum atomic E-state index is -0.770. The molecule has 1 amide bonds. The van der Waals surface area contributed by atoms with E-state index < -0.39 is 11.7 Å². The smallest absolute Gasteiger partial charge is 0.405 e. The lowest BCUT2D eigenvalue weighted by Gasteiger charge is -2.27. The van der Waals surface area contributed by atoms with E-state index >= 15 is 0 Å². The monoisotopic (exact) mass is 255 g/mol. The highest BCUT2D eigenvalue weighted by molar-refractivity contribution is 5.70. The van der Waals surface area contributed by atoms with Crippen LogP contribution in [0.1, 0.15) is 19.4 Å². The van der Waals surface area contributed by atoms with Crippen molar-refractivity contribution in [2.75, 3.05) is 0 Å². The van der Waals surface area contributed by atoms with Crippen molar-refractivity contribution in [1.82, 2.24) is 0 Å². The van der Waals surface area contributed by atoms with Crippen molar-refractivity contribution >= 4 is 6.09 Å². The summed E-state index contributed by atoms with van der Waals surface area (Å²) in [4.78, 5) is 11.0. The molecule has 0 heterocycles. The number of rotatable bonds is 3. The third-order valence-corrected chi connectivity index (χ3v) is 3.02. The SMILES string of the molecule is CC(C)(OC(N)=O)c1ccccc1-c1ccccc1. The molecule has 0 fully saturated rings. The Morgan fingerprint density at radius 2 is 1.58 bits per heavy atom. The summed E-state index contributed by atoms with van der Waals surface area (Å²) in [6.07, 6.45) is -0.770. The molecule has 98 valence electrons. The van der Waals surface area contributed by atoms with Crippen LogP contribution in [0.3, 0.4) is 0 Å². The molecule has 2 aromatic rings. The van der Waals surface area contributed by atoms with E-state index in [4.69, 9.17) is 10.5 Å². The molecule has 0 saturated carbocycles. The lowest BCUT2D eigenvalue weighted by Crippen LogP contribution is -2.29. The first-order valence-corrected chi connectivity index (χ1v) is 6.14. The maximum atomic E-state index is 11.0. The van der Waals surface area contributed by atoms with Gasteiger partial charge in [0.2, 0.25) is 0 Å². The number of amides is 1. The summed E-state index contributed by atoms with van der Waals surface area (Å²) in [7, 11) is 0. The number of hydrogen-bond acceptors (Lipinski definition) is 2. The van der Waals surface area contributed by atoms with Crippen LogP contribution in [-0.2, 0) is 10.3 Å². The van der Waals surface area contributed by atoms with Gasteiger partial charge < -0.3 is 10.5 Å². The summed E-state index contributed by atoms with van der Waals surface area (Å²) >= 11 is 0. The minimum Gasteiger partial charge on any atom is -0.439 e. The summed E-state index contributed by atoms with van der Waals surface area (Å²) in [6, 6.07) is 17.8. The molecule has 0 spiro atoms. The quantitative estimate of drug-likeness (QED) is 0.909. The maximum absolute atomic E-state index is 11.0. The summed E-state index contributed by atoms with van der Waals surface area (Å²) in [5.41, 5.74) is 7.43. The van der Waals surface area contributed by atoms with Crippen LogP contribution in [0.25, 0.3) is 11.1 Å². The fourth-order valence-electron chi connectivity index (χ4n) is 2.18. The number of primary amides is 1. The topological polar surface area (TPSA) is 52.3 Å². The van der Waals surface area contributed by atoms with Gasteiger partial charge >= 0.3 is 6.09 Å². The number of nitrogens with two attached hydrogens (primary N) is 1. The molecule has 2 rings (SSSR count). The minimum absolute atomic E-state index is 0.766. The van der Waals surface area contributed by atoms with Gasteiger partial charge in [0.15, 0.2) is 0 Å². The van der Waals surface area contributed by atoms with Crippen molar-refractivity contribution < 1.29 is 9.53 Å². The predicted octanol–water partition coefficient (Wildman–Crippen LogP) is 3.68. The Labute approximate surface area is 113 Å². The Bertz CT molecular complexity index is 576. The molecule has 0 aromatic heterocycles. The molecule has 3 nitrogen and oxygen atoms in total. The second-order valence-electron chi connectivity index (χ2n) is 4.84. The molecular weight excluding hydrogens is 238 g/mol. The largest absolute Gasteiger partial charge is 0.439 e. The molecule has 0 aliphatic rings. The fourth-order valence-corrected chi connectivity index (χ4v) is 2.18. The van der Waals surface area contributed by atoms with Gasteiger partial charge in [-0.3, -0.25) is 0 Å². The lowest BCUT2D eigenvalue weighted by atomic mass is 9.89. The maximum Gasteiger partial charge on any atom is 0.405 e. The Morgan fingerprint density at radius 1 is 1.00 bits per heavy atom. The molecule has 0 atom stereocenters. The molecule has 19 heavy (non-hydrogen) atoms. The molecule has 3 heteroatoms. The fraction of sp³-hybridized carbons (Fsp3) is 0.188. The molecular formula is C16H17NO2. The number of carbonyl (C=O) groups excluding carboxylic acids is 1. The average molecular weight is 255 g/mol. The van der Waals surface area contributed by atoms with Gasteiger partial charge in [0.1, 0.15) is 5.60 Å². The van der Waals surface area contributed by atoms with Gasteiger partial charge in [0.05, 0.1) is 0 Å². The molecule has 0 aliphatic heterocycles. The number of carbonyl (C=O) groups is 1. The van der Waals surface area contributed by atoms with Crippen LogP contribution < -0.4 is 5.73 Å². The molecule has 2 N–H and O–H groups in total. The van der Waals surface area contributed by atoms with E-state index in [-0.39, 0.29) is 0 Å². The van der Waals surface area contributed by atoms with E-state index in [0.29, 0.717) is 0 Å². The van der Waals surface area contributed by atoms with Crippen molar-refractivity contribution in [3.8, 4) is 11.1 Å². The van der Waals surface area contributed by atoms with E-state index in [2.05, 4.69) is 0 Å². The van der Waals surface area contributed by atoms with Gasteiger partial charge in [0.25, 0.3) is 0 Å². The first-order valence-electron chi connectivity index (χ1n) is 6.14. The van der Waals surface area contributed by atoms with Crippen molar-refractivity contribution in [1.29, 1.82) is 0 Å². The predicted molar refractivity (Wildman–Crippen MR) is 75.6 cm³/mol. The first kappa shape index (κ1) is 13.1. The van der Waals surface area contributed by atoms with Crippen LogP contribution in [0.2, 0.25) is 0 Å². The molecule has 0 aliphatic carbocycles. The summed E-state index contributed by atoms with van der Waals surface area (Å²) < 4.78 is 5.22. The van der Waals surface area contributed by atoms with Gasteiger partial charge in [-0.05, 0) is 25.0 Å². The molecule has 0 radical (unpaired) electrons. The summed E-state index contributed by atoms with van der Waals surface area (Å²) in [5.74, 6) is 0. The highest BCUT2D eigenvalue weighted by atomic mass is 16.6. The molecule has 0 saturated heterocycles. The third-order valence-electron chi connectivity index (χ3n) is 3.02. The van der Waals surface area contributed by atoms with Crippen LogP contribution in [0, 0.1) is 0 Å². The zero-order valence-corrected chi connectivity index (χ0v) is 11.1. The average Bonchev–Trinajstić information content (AvgIpc) is 2.38. The normalized spacial score (nSPS) is 11.1. The Morgan fingerprint density at radius 3 is 2.21 bits per heavy atom. The van der Waals surface area contributed by atoms with Crippen LogP contribution in [0.4, 0.5) is 4.79 Å². The lowest BCUT2D eigenvalue weighted by molar-refractivity contribution is 0.0437. The van der Waals surface area contributed by atoms with E-state index in [9.17, 15) is 4.79 Å². The van der Waals surface area contributed by atoms with Gasteiger partial charge in [-0.15, -0.1) is 0 Å². The van der Waals surface area contributed by atoms with Gasteiger partial charge in [-0.25, -0.2) is 4.79 Å². The highest BCUT2D eigenvalue weighted by Gasteiger charge is 2.27. The van der Waals surface area contributed by atoms with Crippen LogP contribution in [0.15, 0.2) is 54.6 Å². The Kier molecular flexibility index (Phi) is 3.56. The molecule has 0 bridgehead atoms. The van der Waals surface area contributed by atoms with Crippen LogP contribution in [-0.4, -0.2) is 6.09 Å². The summed E-state index contributed by atoms with van der Waals surface area (Å²) in [5, 5.41) is 0. The Balaban J connectivity index is 2.50. The van der Waals surface area contributed by atoms with E-state index in [0.717, 1.165) is 16.7 Å². The number of hydrogen-bond donors (Lipinski definition) is 1. The zero-order chi connectivity index (χ0) is 13.9. The number of ether oxygens (including phenoxy) is 1. The van der Waals surface area contributed by atoms with Gasteiger partial charge in [-0.1, -0.05) is 54.6 Å². The van der Waals surface area contributed by atoms with E-state index in [1.54, 1.807) is 0 Å². The molecule has 2 aromatic carbocycles. The zero-order valence-electron chi connectivity index (χ0n) is 11.1. The second-order valence-corrected chi connectivity index (χ2v) is 4.84. The van der Waals surface area contributed by atoms with Crippen molar-refractivity contribution in [3.63, 3.8) is 0 Å². The van der Waals surface area contributed by atoms with Crippen LogP contribution >= 0.6 is 0 Å². The Hall–Kier alpha value is -2.29. The second kappa shape index (κ2) is 5.14. The highest BCUT2D eigenvalue weighted by Crippen LogP contribution is 2.33. The standard InChI is InChI=1S/C16H17NO2/c1-16(2,19-15(17)18)14-11-7-6-10-13(14)12-8-4-3-5-9-12/h3-11H,1-2H3,(H2,17,18). The third kappa shape index (κ3) is 2.94. The van der Waals surface area contributed by atoms with Gasteiger partial charge in [-0.2, -0.15) is 0 Å². The molecule has 0 unspecified atom stereocenters. The van der Waals surface area contributed by atoms with E-state index in [1.807, 2.05) is 68.4 Å². The summed E-state index contributed by atoms with van der Waals surface area (Å²) in [6.45, 7) is 3.67. The van der Waals surface area contributed by atoms with Gasteiger partial charge in [0, 0.05) is 5.56 Å². The van der Waals surface area contributed by atoms with Crippen molar-refractivity contribution in [3.05, 3.63) is 60.2 Å². The van der Waals surface area contributed by atoms with Crippen LogP contribution in [0.5, 0.6) is 0 Å². The van der Waals surface area contributed by atoms with E-state index in [1.165, 1.54) is 0 Å². The van der Waals surface area contributed by atoms with Crippen molar-refractivity contribution in [2.24, 2.45) is 5.73 Å².